The molecule has 0 fully saturated rings. The molecule has 136 valence electrons. The predicted octanol–water partition coefficient (Wildman–Crippen LogP) is 4.69. The van der Waals surface area contributed by atoms with E-state index in [1.165, 1.54) is 0 Å². The van der Waals surface area contributed by atoms with Crippen molar-refractivity contribution in [2.75, 3.05) is 0 Å². The summed E-state index contributed by atoms with van der Waals surface area (Å²) in [6.07, 6.45) is 4.14. The van der Waals surface area contributed by atoms with Gasteiger partial charge in [-0.25, -0.2) is 4.79 Å². The van der Waals surface area contributed by atoms with Gasteiger partial charge in [0.05, 0.1) is 5.57 Å². The molecule has 0 N–H and O–H groups in total. The number of ether oxygens (including phenoxy) is 1. The molecule has 27 heavy (non-hydrogen) atoms. The summed E-state index contributed by atoms with van der Waals surface area (Å²) in [7, 11) is 0. The molecule has 0 aromatic heterocycles. The zero-order valence-corrected chi connectivity index (χ0v) is 15.5. The van der Waals surface area contributed by atoms with Crippen LogP contribution in [0.4, 0.5) is 0 Å². The van der Waals surface area contributed by atoms with E-state index in [9.17, 15) is 9.59 Å². The fourth-order valence-electron chi connectivity index (χ4n) is 3.98. The van der Waals surface area contributed by atoms with Crippen molar-refractivity contribution in [2.45, 2.75) is 26.4 Å². The molecule has 0 saturated heterocycles. The van der Waals surface area contributed by atoms with Crippen LogP contribution in [0.2, 0.25) is 0 Å². The predicted molar refractivity (Wildman–Crippen MR) is 106 cm³/mol. The van der Waals surface area contributed by atoms with E-state index in [1.54, 1.807) is 0 Å². The van der Waals surface area contributed by atoms with Gasteiger partial charge in [0.1, 0.15) is 6.10 Å². The molecule has 0 bridgehead atoms. The summed E-state index contributed by atoms with van der Waals surface area (Å²) < 4.78 is 5.69. The SMILES string of the molecule is CC(C)(C1C=C(c2ccccc2)C(=O)O1)C1CC=C(c2ccccc2)C1=O. The van der Waals surface area contributed by atoms with Crippen molar-refractivity contribution in [3.05, 3.63) is 83.9 Å². The highest BCUT2D eigenvalue weighted by molar-refractivity contribution is 6.24. The zero-order valence-electron chi connectivity index (χ0n) is 15.5. The summed E-state index contributed by atoms with van der Waals surface area (Å²) in [5, 5.41) is 0. The Morgan fingerprint density at radius 1 is 0.852 bits per heavy atom. The van der Waals surface area contributed by atoms with E-state index in [4.69, 9.17) is 4.74 Å². The summed E-state index contributed by atoms with van der Waals surface area (Å²) in [4.78, 5) is 25.5. The minimum atomic E-state index is -0.490. The van der Waals surface area contributed by atoms with Crippen LogP contribution in [0.25, 0.3) is 11.1 Å². The number of benzene rings is 2. The first-order valence-corrected chi connectivity index (χ1v) is 9.26. The number of allylic oxidation sites excluding steroid dienone is 2. The molecule has 4 rings (SSSR count). The maximum atomic E-state index is 13.1. The van der Waals surface area contributed by atoms with Gasteiger partial charge in [0.15, 0.2) is 5.78 Å². The molecule has 2 aliphatic rings. The first kappa shape index (κ1) is 17.5. The van der Waals surface area contributed by atoms with Crippen LogP contribution < -0.4 is 0 Å². The van der Waals surface area contributed by atoms with Crippen LogP contribution >= 0.6 is 0 Å². The Morgan fingerprint density at radius 3 is 2.00 bits per heavy atom. The van der Waals surface area contributed by atoms with Crippen molar-refractivity contribution in [3.63, 3.8) is 0 Å². The number of carbonyl (C=O) groups is 2. The minimum Gasteiger partial charge on any atom is -0.454 e. The van der Waals surface area contributed by atoms with E-state index < -0.39 is 11.5 Å². The van der Waals surface area contributed by atoms with Crippen LogP contribution in [0, 0.1) is 11.3 Å². The fourth-order valence-corrected chi connectivity index (χ4v) is 3.98. The van der Waals surface area contributed by atoms with Gasteiger partial charge in [-0.05, 0) is 23.6 Å². The summed E-state index contributed by atoms with van der Waals surface area (Å²) in [6, 6.07) is 19.3. The Hall–Kier alpha value is -2.94. The van der Waals surface area contributed by atoms with Crippen LogP contribution in [-0.4, -0.2) is 17.9 Å². The van der Waals surface area contributed by atoms with Gasteiger partial charge in [0.2, 0.25) is 0 Å². The highest BCUT2D eigenvalue weighted by Crippen LogP contribution is 2.45. The maximum Gasteiger partial charge on any atom is 0.339 e. The first-order valence-electron chi connectivity index (χ1n) is 9.26. The number of esters is 1. The molecule has 0 amide bonds. The highest BCUT2D eigenvalue weighted by Gasteiger charge is 2.47. The fraction of sp³-hybridized carbons (Fsp3) is 0.250. The third-order valence-corrected chi connectivity index (χ3v) is 5.71. The molecule has 1 aliphatic carbocycles. The van der Waals surface area contributed by atoms with E-state index in [0.717, 1.165) is 16.7 Å². The lowest BCUT2D eigenvalue weighted by atomic mass is 9.71. The molecule has 1 heterocycles. The Kier molecular flexibility index (Phi) is 4.31. The van der Waals surface area contributed by atoms with Gasteiger partial charge < -0.3 is 4.74 Å². The van der Waals surface area contributed by atoms with Gasteiger partial charge >= 0.3 is 5.97 Å². The largest absolute Gasteiger partial charge is 0.454 e. The molecule has 1 aliphatic heterocycles. The lowest BCUT2D eigenvalue weighted by molar-refractivity contribution is -0.145. The Balaban J connectivity index is 1.59. The second-order valence-electron chi connectivity index (χ2n) is 7.73. The average molecular weight is 358 g/mol. The monoisotopic (exact) mass is 358 g/mol. The molecule has 2 aromatic carbocycles. The van der Waals surface area contributed by atoms with Gasteiger partial charge in [-0.1, -0.05) is 80.6 Å². The van der Waals surface area contributed by atoms with Crippen LogP contribution in [0.15, 0.2) is 72.8 Å². The lowest BCUT2D eigenvalue weighted by Gasteiger charge is -2.34. The van der Waals surface area contributed by atoms with Crippen molar-refractivity contribution >= 4 is 22.9 Å². The molecule has 0 saturated carbocycles. The average Bonchev–Trinajstić information content (AvgIpc) is 3.27. The number of ketones is 1. The second-order valence-corrected chi connectivity index (χ2v) is 7.73. The molecule has 2 atom stereocenters. The summed E-state index contributed by atoms with van der Waals surface area (Å²) in [5.74, 6) is -0.401. The molecular weight excluding hydrogens is 336 g/mol. The Bertz CT molecular complexity index is 936. The van der Waals surface area contributed by atoms with Crippen molar-refractivity contribution in [3.8, 4) is 0 Å². The van der Waals surface area contributed by atoms with Crippen LogP contribution in [-0.2, 0) is 14.3 Å². The van der Waals surface area contributed by atoms with E-state index in [1.807, 2.05) is 86.7 Å². The van der Waals surface area contributed by atoms with Crippen molar-refractivity contribution < 1.29 is 14.3 Å². The van der Waals surface area contributed by atoms with Gasteiger partial charge in [0, 0.05) is 16.9 Å². The number of hydrogen-bond acceptors (Lipinski definition) is 3. The Labute approximate surface area is 159 Å². The molecule has 3 nitrogen and oxygen atoms in total. The molecule has 0 spiro atoms. The van der Waals surface area contributed by atoms with Crippen molar-refractivity contribution in [1.82, 2.24) is 0 Å². The molecular formula is C24H22O3. The van der Waals surface area contributed by atoms with Crippen molar-refractivity contribution in [1.29, 1.82) is 0 Å². The van der Waals surface area contributed by atoms with E-state index in [-0.39, 0.29) is 17.7 Å². The highest BCUT2D eigenvalue weighted by atomic mass is 16.5. The number of hydrogen-bond donors (Lipinski definition) is 0. The van der Waals surface area contributed by atoms with Crippen molar-refractivity contribution in [2.24, 2.45) is 11.3 Å². The number of carbonyl (C=O) groups excluding carboxylic acids is 2. The topological polar surface area (TPSA) is 43.4 Å². The second kappa shape index (κ2) is 6.66. The molecule has 3 heteroatoms. The van der Waals surface area contributed by atoms with Gasteiger partial charge in [-0.15, -0.1) is 0 Å². The standard InChI is InChI=1S/C24H22O3/c1-24(2,20-14-13-18(22(20)25)16-9-5-3-6-10-16)21-15-19(23(26)27-21)17-11-7-4-8-12-17/h3-13,15,20-21H,14H2,1-2H3. The number of Topliss-reactive ketones (excluding diaryl/α,β-unsaturated/α-hetero) is 1. The summed E-state index contributed by atoms with van der Waals surface area (Å²) in [5.41, 5.74) is 2.66. The molecule has 0 radical (unpaired) electrons. The summed E-state index contributed by atoms with van der Waals surface area (Å²) in [6.45, 7) is 4.03. The Morgan fingerprint density at radius 2 is 1.41 bits per heavy atom. The normalized spacial score (nSPS) is 22.4. The maximum absolute atomic E-state index is 13.1. The molecule has 2 unspecified atom stereocenters. The van der Waals surface area contributed by atoms with Crippen LogP contribution in [0.5, 0.6) is 0 Å². The van der Waals surface area contributed by atoms with Gasteiger partial charge in [-0.3, -0.25) is 4.79 Å². The lowest BCUT2D eigenvalue weighted by Crippen LogP contribution is -2.39. The zero-order chi connectivity index (χ0) is 19.0. The number of cyclic esters (lactones) is 1. The third kappa shape index (κ3) is 3.03. The van der Waals surface area contributed by atoms with E-state index >= 15 is 0 Å². The minimum absolute atomic E-state index is 0.129. The first-order chi connectivity index (χ1) is 13.0. The number of rotatable bonds is 4. The molecule has 2 aromatic rings. The smallest absolute Gasteiger partial charge is 0.339 e. The van der Waals surface area contributed by atoms with Crippen LogP contribution in [0.3, 0.4) is 0 Å². The quantitative estimate of drug-likeness (QED) is 0.745. The van der Waals surface area contributed by atoms with E-state index in [0.29, 0.717) is 12.0 Å². The van der Waals surface area contributed by atoms with Crippen LogP contribution in [0.1, 0.15) is 31.4 Å². The van der Waals surface area contributed by atoms with Gasteiger partial charge in [0.25, 0.3) is 0 Å². The van der Waals surface area contributed by atoms with E-state index in [2.05, 4.69) is 0 Å². The summed E-state index contributed by atoms with van der Waals surface area (Å²) >= 11 is 0. The third-order valence-electron chi connectivity index (χ3n) is 5.71. The van der Waals surface area contributed by atoms with Gasteiger partial charge in [-0.2, -0.15) is 0 Å².